The van der Waals surface area contributed by atoms with Gasteiger partial charge in [0.2, 0.25) is 0 Å². The zero-order valence-electron chi connectivity index (χ0n) is 18.3. The van der Waals surface area contributed by atoms with E-state index in [-0.39, 0.29) is 0 Å². The van der Waals surface area contributed by atoms with Crippen LogP contribution in [0.2, 0.25) is 0 Å². The van der Waals surface area contributed by atoms with Gasteiger partial charge in [0.25, 0.3) is 0 Å². The third-order valence-corrected chi connectivity index (χ3v) is 5.39. The number of hydrogen-bond donors (Lipinski definition) is 2. The summed E-state index contributed by atoms with van der Waals surface area (Å²) in [6.07, 6.45) is 6.34. The molecule has 1 saturated heterocycles. The van der Waals surface area contributed by atoms with Gasteiger partial charge in [-0.2, -0.15) is 0 Å². The summed E-state index contributed by atoms with van der Waals surface area (Å²) < 4.78 is 17.0. The van der Waals surface area contributed by atoms with Gasteiger partial charge in [0, 0.05) is 37.8 Å². The Morgan fingerprint density at radius 1 is 1.00 bits per heavy atom. The smallest absolute Gasteiger partial charge is 0.196 e. The first-order valence-electron chi connectivity index (χ1n) is 11.1. The van der Waals surface area contributed by atoms with Crippen LogP contribution < -0.4 is 20.1 Å². The highest BCUT2D eigenvalue weighted by molar-refractivity contribution is 5.94. The molecule has 0 amide bonds. The SMILES string of the molecule is C#CCNC(=NCc1ccccc1CN1CCOCC1)Nc1ccc2c(c1)OCCCO2. The molecule has 0 saturated carbocycles. The highest BCUT2D eigenvalue weighted by Gasteiger charge is 2.14. The Bertz CT molecular complexity index is 964. The van der Waals surface area contributed by atoms with E-state index >= 15 is 0 Å². The second-order valence-electron chi connectivity index (χ2n) is 7.72. The standard InChI is InChI=1S/C25H30N4O3/c1-2-10-26-25(28-22-8-9-23-24(17-22)32-14-5-13-31-23)27-18-20-6-3-4-7-21(20)19-29-11-15-30-16-12-29/h1,3-4,6-9,17H,5,10-16,18-19H2,(H2,26,27,28). The molecule has 0 aromatic heterocycles. The molecule has 0 spiro atoms. The first kappa shape index (κ1) is 22.0. The number of hydrogen-bond acceptors (Lipinski definition) is 5. The van der Waals surface area contributed by atoms with Gasteiger partial charge in [-0.25, -0.2) is 4.99 Å². The van der Waals surface area contributed by atoms with E-state index in [2.05, 4.69) is 45.7 Å². The van der Waals surface area contributed by atoms with Crippen LogP contribution in [-0.4, -0.2) is 56.9 Å². The van der Waals surface area contributed by atoms with Gasteiger partial charge in [0.15, 0.2) is 17.5 Å². The van der Waals surface area contributed by atoms with Gasteiger partial charge in [0.05, 0.1) is 39.5 Å². The number of guanidine groups is 1. The molecule has 32 heavy (non-hydrogen) atoms. The molecule has 1 fully saturated rings. The first-order chi connectivity index (χ1) is 15.8. The number of aliphatic imine (C=N–C) groups is 1. The lowest BCUT2D eigenvalue weighted by Gasteiger charge is -2.27. The Hall–Kier alpha value is -3.21. The van der Waals surface area contributed by atoms with E-state index < -0.39 is 0 Å². The number of benzene rings is 2. The fraction of sp³-hybridized carbons (Fsp3) is 0.400. The van der Waals surface area contributed by atoms with Gasteiger partial charge >= 0.3 is 0 Å². The summed E-state index contributed by atoms with van der Waals surface area (Å²) in [6.45, 7) is 6.64. The fourth-order valence-electron chi connectivity index (χ4n) is 3.68. The fourth-order valence-corrected chi connectivity index (χ4v) is 3.68. The van der Waals surface area contributed by atoms with Crippen molar-refractivity contribution in [2.45, 2.75) is 19.5 Å². The average molecular weight is 435 g/mol. The lowest BCUT2D eigenvalue weighted by Crippen LogP contribution is -2.35. The van der Waals surface area contributed by atoms with Crippen molar-refractivity contribution in [1.29, 1.82) is 0 Å². The van der Waals surface area contributed by atoms with E-state index in [0.717, 1.165) is 56.5 Å². The number of terminal acetylenes is 1. The van der Waals surface area contributed by atoms with Crippen LogP contribution in [0.3, 0.4) is 0 Å². The first-order valence-corrected chi connectivity index (χ1v) is 11.1. The number of nitrogens with one attached hydrogen (secondary N) is 2. The van der Waals surface area contributed by atoms with Gasteiger partial charge in [-0.15, -0.1) is 6.42 Å². The maximum atomic E-state index is 5.80. The van der Waals surface area contributed by atoms with E-state index in [0.29, 0.717) is 32.3 Å². The molecule has 0 unspecified atom stereocenters. The molecule has 2 aliphatic heterocycles. The molecule has 2 aromatic rings. The van der Waals surface area contributed by atoms with Gasteiger partial charge in [-0.3, -0.25) is 4.90 Å². The van der Waals surface area contributed by atoms with Crippen LogP contribution >= 0.6 is 0 Å². The molecule has 7 heteroatoms. The Labute approximate surface area is 189 Å². The Morgan fingerprint density at radius 2 is 1.78 bits per heavy atom. The maximum absolute atomic E-state index is 5.80. The molecular weight excluding hydrogens is 404 g/mol. The van der Waals surface area contributed by atoms with Crippen molar-refractivity contribution in [3.8, 4) is 23.8 Å². The van der Waals surface area contributed by atoms with Crippen LogP contribution in [0.4, 0.5) is 5.69 Å². The second-order valence-corrected chi connectivity index (χ2v) is 7.72. The summed E-state index contributed by atoms with van der Waals surface area (Å²) in [5.74, 6) is 4.73. The summed E-state index contributed by atoms with van der Waals surface area (Å²) in [6, 6.07) is 14.2. The maximum Gasteiger partial charge on any atom is 0.196 e. The minimum absolute atomic E-state index is 0.381. The Morgan fingerprint density at radius 3 is 2.59 bits per heavy atom. The van der Waals surface area contributed by atoms with E-state index in [1.165, 1.54) is 11.1 Å². The molecule has 2 aliphatic rings. The van der Waals surface area contributed by atoms with Crippen LogP contribution in [0, 0.1) is 12.3 Å². The van der Waals surface area contributed by atoms with Crippen molar-refractivity contribution in [3.63, 3.8) is 0 Å². The van der Waals surface area contributed by atoms with Crippen molar-refractivity contribution in [2.75, 3.05) is 51.4 Å². The van der Waals surface area contributed by atoms with Crippen LogP contribution in [-0.2, 0) is 17.8 Å². The number of rotatable bonds is 6. The molecule has 7 nitrogen and oxygen atoms in total. The minimum Gasteiger partial charge on any atom is -0.490 e. The number of anilines is 1. The van der Waals surface area contributed by atoms with E-state index in [4.69, 9.17) is 25.6 Å². The number of ether oxygens (including phenoxy) is 3. The molecule has 0 radical (unpaired) electrons. The Kier molecular flexibility index (Phi) is 7.85. The van der Waals surface area contributed by atoms with Crippen LogP contribution in [0.25, 0.3) is 0 Å². The van der Waals surface area contributed by atoms with Crippen LogP contribution in [0.15, 0.2) is 47.5 Å². The highest BCUT2D eigenvalue weighted by Crippen LogP contribution is 2.32. The monoisotopic (exact) mass is 434 g/mol. The number of morpholine rings is 1. The molecule has 4 rings (SSSR count). The summed E-state index contributed by atoms with van der Waals surface area (Å²) in [7, 11) is 0. The van der Waals surface area contributed by atoms with Crippen LogP contribution in [0.5, 0.6) is 11.5 Å². The van der Waals surface area contributed by atoms with Crippen LogP contribution in [0.1, 0.15) is 17.5 Å². The largest absolute Gasteiger partial charge is 0.490 e. The molecular formula is C25H30N4O3. The highest BCUT2D eigenvalue weighted by atomic mass is 16.5. The molecule has 2 N–H and O–H groups in total. The predicted octanol–water partition coefficient (Wildman–Crippen LogP) is 2.87. The van der Waals surface area contributed by atoms with E-state index in [9.17, 15) is 0 Å². The second kappa shape index (κ2) is 11.4. The summed E-state index contributed by atoms with van der Waals surface area (Å²) in [5.41, 5.74) is 3.34. The zero-order valence-corrected chi connectivity index (χ0v) is 18.3. The molecule has 168 valence electrons. The number of fused-ring (bicyclic) bond motifs is 1. The van der Waals surface area contributed by atoms with Crippen molar-refractivity contribution in [2.24, 2.45) is 4.99 Å². The number of nitrogens with zero attached hydrogens (tertiary/aromatic N) is 2. The summed E-state index contributed by atoms with van der Waals surface area (Å²) >= 11 is 0. The summed E-state index contributed by atoms with van der Waals surface area (Å²) in [5, 5.41) is 6.52. The normalized spacial score (nSPS) is 16.7. The van der Waals surface area contributed by atoms with Gasteiger partial charge in [-0.05, 0) is 23.3 Å². The minimum atomic E-state index is 0.381. The summed E-state index contributed by atoms with van der Waals surface area (Å²) in [4.78, 5) is 7.21. The molecule has 2 aromatic carbocycles. The van der Waals surface area contributed by atoms with Crippen molar-refractivity contribution in [1.82, 2.24) is 10.2 Å². The van der Waals surface area contributed by atoms with Gasteiger partial charge in [0.1, 0.15) is 0 Å². The third-order valence-electron chi connectivity index (χ3n) is 5.39. The molecule has 2 heterocycles. The lowest BCUT2D eigenvalue weighted by molar-refractivity contribution is 0.0341. The quantitative estimate of drug-likeness (QED) is 0.414. The topological polar surface area (TPSA) is 67.4 Å². The van der Waals surface area contributed by atoms with Crippen molar-refractivity contribution >= 4 is 11.6 Å². The molecule has 0 bridgehead atoms. The third kappa shape index (κ3) is 6.16. The van der Waals surface area contributed by atoms with E-state index in [1.54, 1.807) is 0 Å². The van der Waals surface area contributed by atoms with Crippen molar-refractivity contribution in [3.05, 3.63) is 53.6 Å². The van der Waals surface area contributed by atoms with Crippen molar-refractivity contribution < 1.29 is 14.2 Å². The molecule has 0 atom stereocenters. The predicted molar refractivity (Wildman–Crippen MR) is 126 cm³/mol. The van der Waals surface area contributed by atoms with E-state index in [1.807, 2.05) is 18.2 Å². The average Bonchev–Trinajstić information content (AvgIpc) is 3.07. The lowest BCUT2D eigenvalue weighted by atomic mass is 10.1. The Balaban J connectivity index is 1.47. The molecule has 0 aliphatic carbocycles. The van der Waals surface area contributed by atoms with Gasteiger partial charge in [-0.1, -0.05) is 30.2 Å². The zero-order chi connectivity index (χ0) is 22.0. The van der Waals surface area contributed by atoms with Gasteiger partial charge < -0.3 is 24.8 Å².